The molecule has 0 aliphatic rings. The smallest absolute Gasteiger partial charge is 0.221 e. The van der Waals surface area contributed by atoms with Gasteiger partial charge < -0.3 is 10.1 Å². The summed E-state index contributed by atoms with van der Waals surface area (Å²) in [5.41, 5.74) is 0.441. The summed E-state index contributed by atoms with van der Waals surface area (Å²) in [5, 5.41) is 2.51. The van der Waals surface area contributed by atoms with Crippen LogP contribution in [0, 0.1) is 5.82 Å². The van der Waals surface area contributed by atoms with Crippen LogP contribution in [0.5, 0.6) is 5.75 Å². The molecule has 0 aromatic heterocycles. The third kappa shape index (κ3) is 4.85. The molecule has 0 unspecified atom stereocenters. The molecule has 0 spiro atoms. The van der Waals surface area contributed by atoms with Crippen LogP contribution in [-0.4, -0.2) is 12.5 Å². The van der Waals surface area contributed by atoms with Gasteiger partial charge in [-0.05, 0) is 18.6 Å². The summed E-state index contributed by atoms with van der Waals surface area (Å²) < 4.78 is 18.8. The van der Waals surface area contributed by atoms with Gasteiger partial charge in [0.25, 0.3) is 0 Å². The predicted molar refractivity (Wildman–Crippen MR) is 65.7 cm³/mol. The minimum absolute atomic E-state index is 0.221. The molecule has 0 atom stereocenters. The van der Waals surface area contributed by atoms with Crippen molar-refractivity contribution in [3.63, 3.8) is 0 Å². The molecule has 0 radical (unpaired) electrons. The Morgan fingerprint density at radius 2 is 2.18 bits per heavy atom. The normalized spacial score (nSPS) is 10.1. The van der Waals surface area contributed by atoms with Crippen molar-refractivity contribution < 1.29 is 13.9 Å². The van der Waals surface area contributed by atoms with E-state index in [4.69, 9.17) is 4.74 Å². The first-order valence-electron chi connectivity index (χ1n) is 5.83. The highest BCUT2D eigenvalue weighted by Crippen LogP contribution is 2.21. The lowest BCUT2D eigenvalue weighted by molar-refractivity contribution is -0.114. The highest BCUT2D eigenvalue weighted by molar-refractivity contribution is 5.88. The van der Waals surface area contributed by atoms with Crippen LogP contribution in [0.15, 0.2) is 18.2 Å². The van der Waals surface area contributed by atoms with Crippen LogP contribution in [0.25, 0.3) is 0 Å². The molecule has 1 rings (SSSR count). The number of carbonyl (C=O) groups is 1. The quantitative estimate of drug-likeness (QED) is 0.773. The molecule has 1 N–H and O–H groups in total. The number of halogens is 1. The lowest BCUT2D eigenvalue weighted by atomic mass is 10.2. The van der Waals surface area contributed by atoms with E-state index < -0.39 is 5.82 Å². The molecule has 94 valence electrons. The number of unbranched alkanes of at least 4 members (excludes halogenated alkanes) is 2. The number of amides is 1. The molecule has 0 aliphatic heterocycles. The zero-order chi connectivity index (χ0) is 12.7. The second kappa shape index (κ2) is 6.89. The van der Waals surface area contributed by atoms with E-state index in [1.807, 2.05) is 0 Å². The molecule has 17 heavy (non-hydrogen) atoms. The van der Waals surface area contributed by atoms with Crippen LogP contribution < -0.4 is 10.1 Å². The minimum Gasteiger partial charge on any atom is -0.491 e. The molecule has 1 aromatic carbocycles. The molecule has 3 nitrogen and oxygen atoms in total. The van der Waals surface area contributed by atoms with Gasteiger partial charge in [-0.3, -0.25) is 4.79 Å². The number of hydrogen-bond acceptors (Lipinski definition) is 2. The SMILES string of the molecule is CCCCCOc1ccc(NC(C)=O)cc1F. The molecule has 0 saturated heterocycles. The maximum Gasteiger partial charge on any atom is 0.221 e. The molecule has 1 amide bonds. The molecule has 0 heterocycles. The second-order valence-corrected chi connectivity index (χ2v) is 3.88. The Morgan fingerprint density at radius 3 is 2.76 bits per heavy atom. The Hall–Kier alpha value is -1.58. The van der Waals surface area contributed by atoms with E-state index in [1.54, 1.807) is 6.07 Å². The third-order valence-corrected chi connectivity index (χ3v) is 2.26. The van der Waals surface area contributed by atoms with E-state index in [1.165, 1.54) is 19.1 Å². The van der Waals surface area contributed by atoms with Crippen molar-refractivity contribution in [1.82, 2.24) is 0 Å². The van der Waals surface area contributed by atoms with Crippen LogP contribution >= 0.6 is 0 Å². The van der Waals surface area contributed by atoms with Gasteiger partial charge in [0.05, 0.1) is 6.61 Å². The Morgan fingerprint density at radius 1 is 1.41 bits per heavy atom. The Kier molecular flexibility index (Phi) is 5.46. The van der Waals surface area contributed by atoms with E-state index in [9.17, 15) is 9.18 Å². The molecule has 0 fully saturated rings. The first-order valence-corrected chi connectivity index (χ1v) is 5.83. The van der Waals surface area contributed by atoms with E-state index >= 15 is 0 Å². The number of rotatable bonds is 6. The van der Waals surface area contributed by atoms with E-state index in [-0.39, 0.29) is 11.7 Å². The number of benzene rings is 1. The maximum atomic E-state index is 13.5. The summed E-state index contributed by atoms with van der Waals surface area (Å²) >= 11 is 0. The summed E-state index contributed by atoms with van der Waals surface area (Å²) in [6, 6.07) is 4.42. The lowest BCUT2D eigenvalue weighted by Gasteiger charge is -2.08. The fourth-order valence-electron chi connectivity index (χ4n) is 1.43. The number of hydrogen-bond donors (Lipinski definition) is 1. The first-order chi connectivity index (χ1) is 8.13. The maximum absolute atomic E-state index is 13.5. The van der Waals surface area contributed by atoms with Crippen molar-refractivity contribution >= 4 is 11.6 Å². The largest absolute Gasteiger partial charge is 0.491 e. The fourth-order valence-corrected chi connectivity index (χ4v) is 1.43. The van der Waals surface area contributed by atoms with E-state index in [0.717, 1.165) is 19.3 Å². The van der Waals surface area contributed by atoms with Crippen molar-refractivity contribution in [1.29, 1.82) is 0 Å². The van der Waals surface area contributed by atoms with E-state index in [0.29, 0.717) is 12.3 Å². The van der Waals surface area contributed by atoms with E-state index in [2.05, 4.69) is 12.2 Å². The summed E-state index contributed by atoms with van der Waals surface area (Å²) in [4.78, 5) is 10.8. The van der Waals surface area contributed by atoms with Crippen molar-refractivity contribution in [2.24, 2.45) is 0 Å². The van der Waals surface area contributed by atoms with Gasteiger partial charge >= 0.3 is 0 Å². The first kappa shape index (κ1) is 13.5. The average Bonchev–Trinajstić information content (AvgIpc) is 2.26. The molecular weight excluding hydrogens is 221 g/mol. The number of ether oxygens (including phenoxy) is 1. The Balaban J connectivity index is 2.54. The van der Waals surface area contributed by atoms with Gasteiger partial charge in [-0.25, -0.2) is 4.39 Å². The monoisotopic (exact) mass is 239 g/mol. The molecule has 4 heteroatoms. The zero-order valence-electron chi connectivity index (χ0n) is 10.3. The molecule has 0 saturated carbocycles. The van der Waals surface area contributed by atoms with Crippen LogP contribution in [0.3, 0.4) is 0 Å². The van der Waals surface area contributed by atoms with Crippen molar-refractivity contribution in [2.45, 2.75) is 33.1 Å². The van der Waals surface area contributed by atoms with Gasteiger partial charge in [-0.15, -0.1) is 0 Å². The lowest BCUT2D eigenvalue weighted by Crippen LogP contribution is -2.06. The average molecular weight is 239 g/mol. The van der Waals surface area contributed by atoms with Crippen molar-refractivity contribution in [3.05, 3.63) is 24.0 Å². The highest BCUT2D eigenvalue weighted by atomic mass is 19.1. The van der Waals surface area contributed by atoms with Crippen LogP contribution in [-0.2, 0) is 4.79 Å². The molecular formula is C13H18FNO2. The number of nitrogens with one attached hydrogen (secondary N) is 1. The Labute approximate surface area is 101 Å². The molecule has 1 aromatic rings. The van der Waals surface area contributed by atoms with Gasteiger partial charge in [-0.2, -0.15) is 0 Å². The van der Waals surface area contributed by atoms with Crippen LogP contribution in [0.2, 0.25) is 0 Å². The zero-order valence-corrected chi connectivity index (χ0v) is 10.3. The number of carbonyl (C=O) groups excluding carboxylic acids is 1. The Bertz CT molecular complexity index is 380. The van der Waals surface area contributed by atoms with Crippen LogP contribution in [0.4, 0.5) is 10.1 Å². The van der Waals surface area contributed by atoms with Crippen LogP contribution in [0.1, 0.15) is 33.1 Å². The molecule has 0 aliphatic carbocycles. The highest BCUT2D eigenvalue weighted by Gasteiger charge is 2.05. The minimum atomic E-state index is -0.451. The van der Waals surface area contributed by atoms with Gasteiger partial charge in [0, 0.05) is 18.7 Å². The predicted octanol–water partition coefficient (Wildman–Crippen LogP) is 3.35. The van der Waals surface area contributed by atoms with Gasteiger partial charge in [0.15, 0.2) is 11.6 Å². The second-order valence-electron chi connectivity index (χ2n) is 3.88. The summed E-state index contributed by atoms with van der Waals surface area (Å²) in [6.45, 7) is 4.00. The van der Waals surface area contributed by atoms with Gasteiger partial charge in [0.1, 0.15) is 0 Å². The van der Waals surface area contributed by atoms with Gasteiger partial charge in [-0.1, -0.05) is 19.8 Å². The third-order valence-electron chi connectivity index (χ3n) is 2.26. The standard InChI is InChI=1S/C13H18FNO2/c1-3-4-5-8-17-13-7-6-11(9-12(13)14)15-10(2)16/h6-7,9H,3-5,8H2,1-2H3,(H,15,16). The summed E-state index contributed by atoms with van der Waals surface area (Å²) in [7, 11) is 0. The topological polar surface area (TPSA) is 38.3 Å². The summed E-state index contributed by atoms with van der Waals surface area (Å²) in [5.74, 6) is -0.441. The molecule has 0 bridgehead atoms. The van der Waals surface area contributed by atoms with Gasteiger partial charge in [0.2, 0.25) is 5.91 Å². The number of anilines is 1. The summed E-state index contributed by atoms with van der Waals surface area (Å²) in [6.07, 6.45) is 3.10. The van der Waals surface area contributed by atoms with Crippen molar-refractivity contribution in [3.8, 4) is 5.75 Å². The fraction of sp³-hybridized carbons (Fsp3) is 0.462. The van der Waals surface area contributed by atoms with Crippen molar-refractivity contribution in [2.75, 3.05) is 11.9 Å².